The highest BCUT2D eigenvalue weighted by Gasteiger charge is 2.18. The van der Waals surface area contributed by atoms with Gasteiger partial charge in [0.1, 0.15) is 0 Å². The maximum Gasteiger partial charge on any atom is 0.227 e. The number of nitrogens with two attached hydrogens (primary N) is 1. The maximum absolute atomic E-state index is 12.4. The van der Waals surface area contributed by atoms with E-state index < -0.39 is 9.84 Å². The summed E-state index contributed by atoms with van der Waals surface area (Å²) in [5, 5.41) is 0. The molecule has 0 unspecified atom stereocenters. The van der Waals surface area contributed by atoms with Crippen molar-refractivity contribution in [3.8, 4) is 0 Å². The predicted molar refractivity (Wildman–Crippen MR) is 95.3 cm³/mol. The van der Waals surface area contributed by atoms with E-state index in [-0.39, 0.29) is 16.8 Å². The molecule has 0 aliphatic heterocycles. The van der Waals surface area contributed by atoms with E-state index in [1.165, 1.54) is 6.26 Å². The van der Waals surface area contributed by atoms with E-state index in [0.29, 0.717) is 12.1 Å². The van der Waals surface area contributed by atoms with Gasteiger partial charge in [0.2, 0.25) is 5.91 Å². The smallest absolute Gasteiger partial charge is 0.227 e. The van der Waals surface area contributed by atoms with Gasteiger partial charge in [-0.25, -0.2) is 8.42 Å². The van der Waals surface area contributed by atoms with Crippen LogP contribution in [0.5, 0.6) is 0 Å². The molecule has 0 fully saturated rings. The van der Waals surface area contributed by atoms with E-state index in [9.17, 15) is 13.2 Å². The van der Waals surface area contributed by atoms with Crippen LogP contribution in [-0.4, -0.2) is 32.5 Å². The van der Waals surface area contributed by atoms with E-state index >= 15 is 0 Å². The summed E-state index contributed by atoms with van der Waals surface area (Å²) in [5.74, 6) is -0.0144. The van der Waals surface area contributed by atoms with Gasteiger partial charge < -0.3 is 10.6 Å². The number of hydrogen-bond donors (Lipinski definition) is 1. The van der Waals surface area contributed by atoms with Crippen molar-refractivity contribution in [3.05, 3.63) is 59.7 Å². The monoisotopic (exact) mass is 346 g/mol. The van der Waals surface area contributed by atoms with Crippen LogP contribution >= 0.6 is 0 Å². The molecule has 1 atom stereocenters. The van der Waals surface area contributed by atoms with Crippen LogP contribution in [0.1, 0.15) is 24.1 Å². The van der Waals surface area contributed by atoms with E-state index in [2.05, 4.69) is 0 Å². The van der Waals surface area contributed by atoms with Crippen LogP contribution < -0.4 is 5.73 Å². The highest BCUT2D eigenvalue weighted by Crippen LogP contribution is 2.21. The molecule has 0 heterocycles. The van der Waals surface area contributed by atoms with Gasteiger partial charge in [-0.15, -0.1) is 0 Å². The number of rotatable bonds is 5. The van der Waals surface area contributed by atoms with E-state index in [4.69, 9.17) is 5.73 Å². The first-order valence-corrected chi connectivity index (χ1v) is 9.47. The average molecular weight is 346 g/mol. The van der Waals surface area contributed by atoms with Crippen molar-refractivity contribution in [1.82, 2.24) is 4.90 Å². The Labute approximate surface area is 143 Å². The summed E-state index contributed by atoms with van der Waals surface area (Å²) >= 11 is 0. The maximum atomic E-state index is 12.4. The van der Waals surface area contributed by atoms with Crippen LogP contribution in [0, 0.1) is 0 Å². The van der Waals surface area contributed by atoms with Gasteiger partial charge >= 0.3 is 0 Å². The summed E-state index contributed by atoms with van der Waals surface area (Å²) in [6.45, 7) is 1.91. The first-order chi connectivity index (χ1) is 11.2. The lowest BCUT2D eigenvalue weighted by Gasteiger charge is -2.25. The minimum Gasteiger partial charge on any atom is -0.399 e. The Bertz CT molecular complexity index is 812. The Hall–Kier alpha value is -2.34. The molecule has 0 spiro atoms. The molecule has 0 bridgehead atoms. The van der Waals surface area contributed by atoms with Gasteiger partial charge in [-0.3, -0.25) is 4.79 Å². The fourth-order valence-corrected chi connectivity index (χ4v) is 3.00. The Kier molecular flexibility index (Phi) is 5.29. The zero-order chi connectivity index (χ0) is 17.9. The molecular formula is C18H22N2O3S. The van der Waals surface area contributed by atoms with E-state index in [1.54, 1.807) is 48.3 Å². The highest BCUT2D eigenvalue weighted by atomic mass is 32.2. The van der Waals surface area contributed by atoms with E-state index in [0.717, 1.165) is 11.1 Å². The fraction of sp³-hybridized carbons (Fsp3) is 0.278. The normalized spacial score (nSPS) is 12.6. The number of sulfone groups is 1. The molecule has 0 aromatic heterocycles. The minimum absolute atomic E-state index is 0.0144. The summed E-state index contributed by atoms with van der Waals surface area (Å²) in [7, 11) is -1.47. The van der Waals surface area contributed by atoms with Crippen molar-refractivity contribution in [1.29, 1.82) is 0 Å². The van der Waals surface area contributed by atoms with Crippen LogP contribution in [0.15, 0.2) is 53.4 Å². The molecule has 0 saturated carbocycles. The van der Waals surface area contributed by atoms with Crippen molar-refractivity contribution < 1.29 is 13.2 Å². The van der Waals surface area contributed by atoms with Crippen LogP contribution in [0.4, 0.5) is 5.69 Å². The number of hydrogen-bond acceptors (Lipinski definition) is 4. The van der Waals surface area contributed by atoms with Crippen LogP contribution in [0.25, 0.3) is 0 Å². The van der Waals surface area contributed by atoms with Crippen molar-refractivity contribution in [2.45, 2.75) is 24.3 Å². The molecule has 128 valence electrons. The van der Waals surface area contributed by atoms with Gasteiger partial charge in [0.25, 0.3) is 0 Å². The zero-order valence-electron chi connectivity index (χ0n) is 14.1. The lowest BCUT2D eigenvalue weighted by Crippen LogP contribution is -2.31. The largest absolute Gasteiger partial charge is 0.399 e. The fourth-order valence-electron chi connectivity index (χ4n) is 2.37. The number of anilines is 1. The number of carbonyl (C=O) groups excluding carboxylic acids is 1. The van der Waals surface area contributed by atoms with Crippen molar-refractivity contribution in [2.24, 2.45) is 0 Å². The summed E-state index contributed by atoms with van der Waals surface area (Å²) < 4.78 is 23.0. The van der Waals surface area contributed by atoms with Crippen molar-refractivity contribution in [2.75, 3.05) is 19.0 Å². The summed E-state index contributed by atoms with van der Waals surface area (Å²) in [6.07, 6.45) is 1.47. The van der Waals surface area contributed by atoms with Gasteiger partial charge in [-0.05, 0) is 42.3 Å². The number of nitrogens with zero attached hydrogens (tertiary/aromatic N) is 1. The molecule has 0 radical (unpaired) electrons. The third-order valence-electron chi connectivity index (χ3n) is 4.10. The quantitative estimate of drug-likeness (QED) is 0.843. The van der Waals surface area contributed by atoms with Crippen LogP contribution in [0.3, 0.4) is 0 Å². The molecule has 0 saturated heterocycles. The molecule has 1 amide bonds. The molecule has 2 N–H and O–H groups in total. The minimum atomic E-state index is -3.22. The van der Waals surface area contributed by atoms with Crippen LogP contribution in [0.2, 0.25) is 0 Å². The molecule has 0 aliphatic rings. The number of likely N-dealkylation sites (N-methyl/N-ethyl adjacent to an activating group) is 1. The summed E-state index contributed by atoms with van der Waals surface area (Å²) in [6, 6.07) is 13.7. The van der Waals surface area contributed by atoms with Crippen molar-refractivity contribution >= 4 is 21.4 Å². The molecule has 2 aromatic carbocycles. The zero-order valence-corrected chi connectivity index (χ0v) is 14.9. The summed E-state index contributed by atoms with van der Waals surface area (Å²) in [4.78, 5) is 14.4. The Morgan fingerprint density at radius 3 is 2.12 bits per heavy atom. The average Bonchev–Trinajstić information content (AvgIpc) is 2.55. The first kappa shape index (κ1) is 18.0. The second kappa shape index (κ2) is 7.05. The molecule has 0 aliphatic carbocycles. The third-order valence-corrected chi connectivity index (χ3v) is 5.23. The lowest BCUT2D eigenvalue weighted by molar-refractivity contribution is -0.131. The second-order valence-electron chi connectivity index (χ2n) is 5.94. The molecule has 2 aromatic rings. The predicted octanol–water partition coefficient (Wildman–Crippen LogP) is 2.43. The first-order valence-electron chi connectivity index (χ1n) is 7.58. The van der Waals surface area contributed by atoms with E-state index in [1.807, 2.05) is 19.1 Å². The van der Waals surface area contributed by atoms with Gasteiger partial charge in [-0.2, -0.15) is 0 Å². The standard InChI is InChI=1S/C18H22N2O3S/c1-13(15-6-10-17(11-7-15)24(3,22)23)20(2)18(21)12-14-4-8-16(19)9-5-14/h4-11,13H,12,19H2,1-3H3/t13-/m0/s1. The Morgan fingerprint density at radius 1 is 1.08 bits per heavy atom. The number of benzene rings is 2. The molecular weight excluding hydrogens is 324 g/mol. The topological polar surface area (TPSA) is 80.5 Å². The second-order valence-corrected chi connectivity index (χ2v) is 7.96. The summed E-state index contributed by atoms with van der Waals surface area (Å²) in [5.41, 5.74) is 8.10. The number of amides is 1. The number of nitrogen functional groups attached to an aromatic ring is 1. The van der Waals surface area contributed by atoms with Gasteiger partial charge in [0, 0.05) is 19.0 Å². The van der Waals surface area contributed by atoms with Gasteiger partial charge in [0.05, 0.1) is 17.4 Å². The Balaban J connectivity index is 2.09. The highest BCUT2D eigenvalue weighted by molar-refractivity contribution is 7.90. The van der Waals surface area contributed by atoms with Crippen LogP contribution in [-0.2, 0) is 21.1 Å². The number of carbonyl (C=O) groups is 1. The van der Waals surface area contributed by atoms with Gasteiger partial charge in [0.15, 0.2) is 9.84 Å². The molecule has 24 heavy (non-hydrogen) atoms. The van der Waals surface area contributed by atoms with Crippen molar-refractivity contribution in [3.63, 3.8) is 0 Å². The molecule has 2 rings (SSSR count). The molecule has 5 nitrogen and oxygen atoms in total. The lowest BCUT2D eigenvalue weighted by atomic mass is 10.1. The third kappa shape index (κ3) is 4.35. The van der Waals surface area contributed by atoms with Gasteiger partial charge in [-0.1, -0.05) is 24.3 Å². The SMILES string of the molecule is C[C@@H](c1ccc(S(C)(=O)=O)cc1)N(C)C(=O)Cc1ccc(N)cc1. The Morgan fingerprint density at radius 2 is 1.62 bits per heavy atom. The molecule has 6 heteroatoms.